The third kappa shape index (κ3) is 3.97. The zero-order valence-corrected chi connectivity index (χ0v) is 14.5. The fraction of sp³-hybridized carbons (Fsp3) is 0.412. The number of pyridine rings is 1. The van der Waals surface area contributed by atoms with E-state index in [1.165, 1.54) is 0 Å². The van der Waals surface area contributed by atoms with Crippen molar-refractivity contribution in [2.45, 2.75) is 19.8 Å². The highest BCUT2D eigenvalue weighted by Crippen LogP contribution is 2.23. The summed E-state index contributed by atoms with van der Waals surface area (Å²) < 4.78 is 0. The number of hydrogen-bond donors (Lipinski definition) is 0. The SMILES string of the molecule is CC(=O)N1CCN(C(=O)CCc2csc(-c3cccnc3)n2)CC1. The van der Waals surface area contributed by atoms with Gasteiger partial charge in [0.25, 0.3) is 0 Å². The van der Waals surface area contributed by atoms with Crippen molar-refractivity contribution in [2.24, 2.45) is 0 Å². The normalized spacial score (nSPS) is 14.7. The van der Waals surface area contributed by atoms with Crippen LogP contribution in [0.3, 0.4) is 0 Å². The smallest absolute Gasteiger partial charge is 0.223 e. The maximum absolute atomic E-state index is 12.3. The maximum Gasteiger partial charge on any atom is 0.223 e. The molecule has 6 nitrogen and oxygen atoms in total. The van der Waals surface area contributed by atoms with Gasteiger partial charge in [0.15, 0.2) is 0 Å². The molecule has 1 aliphatic heterocycles. The van der Waals surface area contributed by atoms with Gasteiger partial charge in [-0.15, -0.1) is 11.3 Å². The molecule has 0 unspecified atom stereocenters. The monoisotopic (exact) mass is 344 g/mol. The first-order valence-electron chi connectivity index (χ1n) is 8.01. The summed E-state index contributed by atoms with van der Waals surface area (Å²) in [5, 5.41) is 2.93. The standard InChI is InChI=1S/C17H20N4O2S/c1-13(22)20-7-9-21(10-8-20)16(23)5-4-15-12-24-17(19-15)14-3-2-6-18-11-14/h2-3,6,11-12H,4-5,7-10H2,1H3. The summed E-state index contributed by atoms with van der Waals surface area (Å²) in [5.41, 5.74) is 1.94. The summed E-state index contributed by atoms with van der Waals surface area (Å²) in [6.07, 6.45) is 4.63. The molecule has 2 aromatic heterocycles. The molecule has 2 aromatic rings. The van der Waals surface area contributed by atoms with Crippen LogP contribution in [0.4, 0.5) is 0 Å². The lowest BCUT2D eigenvalue weighted by Gasteiger charge is -2.34. The van der Waals surface area contributed by atoms with Crippen molar-refractivity contribution >= 4 is 23.2 Å². The second-order valence-corrected chi connectivity index (χ2v) is 6.63. The van der Waals surface area contributed by atoms with Gasteiger partial charge in [-0.1, -0.05) is 0 Å². The topological polar surface area (TPSA) is 66.4 Å². The van der Waals surface area contributed by atoms with Crippen LogP contribution in [0.5, 0.6) is 0 Å². The molecule has 2 amide bonds. The summed E-state index contributed by atoms with van der Waals surface area (Å²) in [6.45, 7) is 4.07. The van der Waals surface area contributed by atoms with Crippen LogP contribution in [0.2, 0.25) is 0 Å². The van der Waals surface area contributed by atoms with E-state index in [0.29, 0.717) is 39.0 Å². The van der Waals surface area contributed by atoms with Crippen LogP contribution in [0, 0.1) is 0 Å². The number of aromatic nitrogens is 2. The third-order valence-corrected chi connectivity index (χ3v) is 5.07. The first-order chi connectivity index (χ1) is 11.6. The van der Waals surface area contributed by atoms with Crippen molar-refractivity contribution < 1.29 is 9.59 Å². The minimum atomic E-state index is 0.0764. The summed E-state index contributed by atoms with van der Waals surface area (Å²) in [5.74, 6) is 0.210. The van der Waals surface area contributed by atoms with Crippen LogP contribution in [-0.2, 0) is 16.0 Å². The predicted octanol–water partition coefficient (Wildman–Crippen LogP) is 1.83. The van der Waals surface area contributed by atoms with Crippen molar-refractivity contribution in [3.8, 4) is 10.6 Å². The van der Waals surface area contributed by atoms with E-state index in [1.807, 2.05) is 22.4 Å². The molecular weight excluding hydrogens is 324 g/mol. The van der Waals surface area contributed by atoms with E-state index < -0.39 is 0 Å². The van der Waals surface area contributed by atoms with E-state index in [4.69, 9.17) is 0 Å². The van der Waals surface area contributed by atoms with Gasteiger partial charge >= 0.3 is 0 Å². The Hall–Kier alpha value is -2.28. The van der Waals surface area contributed by atoms with Gasteiger partial charge in [0, 0.05) is 62.9 Å². The number of nitrogens with zero attached hydrogens (tertiary/aromatic N) is 4. The van der Waals surface area contributed by atoms with Crippen molar-refractivity contribution in [2.75, 3.05) is 26.2 Å². The van der Waals surface area contributed by atoms with E-state index in [9.17, 15) is 9.59 Å². The molecule has 7 heteroatoms. The summed E-state index contributed by atoms with van der Waals surface area (Å²) in [7, 11) is 0. The number of aryl methyl sites for hydroxylation is 1. The Morgan fingerprint density at radius 2 is 1.96 bits per heavy atom. The second-order valence-electron chi connectivity index (χ2n) is 5.77. The largest absolute Gasteiger partial charge is 0.339 e. The Kier molecular flexibility index (Phi) is 5.20. The van der Waals surface area contributed by atoms with Crippen molar-refractivity contribution in [1.29, 1.82) is 0 Å². The highest BCUT2D eigenvalue weighted by molar-refractivity contribution is 7.13. The van der Waals surface area contributed by atoms with Gasteiger partial charge in [0.05, 0.1) is 5.69 Å². The molecule has 1 fully saturated rings. The maximum atomic E-state index is 12.3. The van der Waals surface area contributed by atoms with E-state index in [2.05, 4.69) is 9.97 Å². The molecule has 0 aromatic carbocycles. The fourth-order valence-electron chi connectivity index (χ4n) is 2.71. The minimum Gasteiger partial charge on any atom is -0.339 e. The number of hydrogen-bond acceptors (Lipinski definition) is 5. The Morgan fingerprint density at radius 1 is 1.21 bits per heavy atom. The molecular formula is C17H20N4O2S. The third-order valence-electron chi connectivity index (χ3n) is 4.13. The predicted molar refractivity (Wildman–Crippen MR) is 92.5 cm³/mol. The van der Waals surface area contributed by atoms with Gasteiger partial charge in [-0.05, 0) is 18.6 Å². The van der Waals surface area contributed by atoms with Crippen molar-refractivity contribution in [3.05, 3.63) is 35.6 Å². The van der Waals surface area contributed by atoms with E-state index in [1.54, 1.807) is 35.6 Å². The molecule has 3 rings (SSSR count). The molecule has 0 spiro atoms. The molecule has 0 bridgehead atoms. The Balaban J connectivity index is 1.50. The first kappa shape index (κ1) is 16.6. The van der Waals surface area contributed by atoms with Crippen LogP contribution >= 0.6 is 11.3 Å². The van der Waals surface area contributed by atoms with Crippen LogP contribution in [0.25, 0.3) is 10.6 Å². The van der Waals surface area contributed by atoms with Gasteiger partial charge in [-0.25, -0.2) is 4.98 Å². The lowest BCUT2D eigenvalue weighted by Crippen LogP contribution is -2.50. The highest BCUT2D eigenvalue weighted by atomic mass is 32.1. The van der Waals surface area contributed by atoms with Crippen LogP contribution in [-0.4, -0.2) is 57.8 Å². The molecule has 1 aliphatic rings. The number of carbonyl (C=O) groups excluding carboxylic acids is 2. The van der Waals surface area contributed by atoms with Gasteiger partial charge in [0.2, 0.25) is 11.8 Å². The summed E-state index contributed by atoms with van der Waals surface area (Å²) in [4.78, 5) is 35.9. The zero-order valence-electron chi connectivity index (χ0n) is 13.6. The van der Waals surface area contributed by atoms with Crippen LogP contribution < -0.4 is 0 Å². The van der Waals surface area contributed by atoms with Gasteiger partial charge in [-0.2, -0.15) is 0 Å². The van der Waals surface area contributed by atoms with Crippen molar-refractivity contribution in [1.82, 2.24) is 19.8 Å². The van der Waals surface area contributed by atoms with E-state index >= 15 is 0 Å². The second kappa shape index (κ2) is 7.53. The number of amides is 2. The summed E-state index contributed by atoms with van der Waals surface area (Å²) in [6, 6.07) is 3.87. The van der Waals surface area contributed by atoms with E-state index in [-0.39, 0.29) is 11.8 Å². The molecule has 126 valence electrons. The molecule has 24 heavy (non-hydrogen) atoms. The van der Waals surface area contributed by atoms with Crippen molar-refractivity contribution in [3.63, 3.8) is 0 Å². The average molecular weight is 344 g/mol. The molecule has 0 atom stereocenters. The quantitative estimate of drug-likeness (QED) is 0.849. The Morgan fingerprint density at radius 3 is 2.62 bits per heavy atom. The lowest BCUT2D eigenvalue weighted by molar-refractivity contribution is -0.138. The number of rotatable bonds is 4. The Bertz CT molecular complexity index is 708. The molecule has 1 saturated heterocycles. The Labute approximate surface area is 145 Å². The number of thiazole rings is 1. The van der Waals surface area contributed by atoms with Gasteiger partial charge in [0.1, 0.15) is 5.01 Å². The average Bonchev–Trinajstić information content (AvgIpc) is 3.09. The number of carbonyl (C=O) groups is 2. The molecule has 0 saturated carbocycles. The lowest BCUT2D eigenvalue weighted by atomic mass is 10.2. The zero-order chi connectivity index (χ0) is 16.9. The molecule has 0 radical (unpaired) electrons. The fourth-order valence-corrected chi connectivity index (χ4v) is 3.55. The molecule has 3 heterocycles. The number of piperazine rings is 1. The van der Waals surface area contributed by atoms with Gasteiger partial charge in [-0.3, -0.25) is 14.6 Å². The van der Waals surface area contributed by atoms with Crippen LogP contribution in [0.15, 0.2) is 29.9 Å². The highest BCUT2D eigenvalue weighted by Gasteiger charge is 2.22. The molecule has 0 aliphatic carbocycles. The first-order valence-corrected chi connectivity index (χ1v) is 8.89. The van der Waals surface area contributed by atoms with Gasteiger partial charge < -0.3 is 9.80 Å². The summed E-state index contributed by atoms with van der Waals surface area (Å²) >= 11 is 1.57. The van der Waals surface area contributed by atoms with Crippen LogP contribution in [0.1, 0.15) is 19.0 Å². The van der Waals surface area contributed by atoms with E-state index in [0.717, 1.165) is 16.3 Å². The minimum absolute atomic E-state index is 0.0764. The molecule has 0 N–H and O–H groups in total.